The zero-order chi connectivity index (χ0) is 70.3. The van der Waals surface area contributed by atoms with E-state index in [4.69, 9.17) is 18.9 Å². The van der Waals surface area contributed by atoms with Crippen LogP contribution < -0.4 is 18.9 Å². The Morgan fingerprint density at radius 2 is 0.750 bits per heavy atom. The number of benzene rings is 8. The summed E-state index contributed by atoms with van der Waals surface area (Å²) >= 11 is 0. The number of aromatic amines is 4. The summed E-state index contributed by atoms with van der Waals surface area (Å²) in [5.74, 6) is 5.44. The van der Waals surface area contributed by atoms with E-state index in [0.29, 0.717) is 28.6 Å². The molecule has 4 N–H and O–H groups in total. The van der Waals surface area contributed by atoms with Crippen LogP contribution in [0.25, 0.3) is 44.8 Å². The van der Waals surface area contributed by atoms with Crippen LogP contribution in [0.1, 0.15) is 87.9 Å². The van der Waals surface area contributed by atoms with Gasteiger partial charge in [0.2, 0.25) is 0 Å². The van der Waals surface area contributed by atoms with Gasteiger partial charge in [-0.25, -0.2) is 4.39 Å². The quantitative estimate of drug-likeness (QED) is 0.0347. The van der Waals surface area contributed by atoms with Gasteiger partial charge in [-0.15, -0.1) is 0 Å². The number of hydrogen-bond donors (Lipinski definition) is 4. The van der Waals surface area contributed by atoms with Crippen molar-refractivity contribution in [2.75, 3.05) is 54.4 Å². The maximum absolute atomic E-state index is 13.2. The van der Waals surface area contributed by atoms with Gasteiger partial charge in [0, 0.05) is 65.6 Å². The van der Waals surface area contributed by atoms with Gasteiger partial charge >= 0.3 is 0 Å². The summed E-state index contributed by atoms with van der Waals surface area (Å²) in [4.78, 5) is 9.15. The van der Waals surface area contributed by atoms with E-state index in [1.165, 1.54) is 25.0 Å². The summed E-state index contributed by atoms with van der Waals surface area (Å²) in [6.45, 7) is 16.4. The minimum Gasteiger partial charge on any atom is -0.457 e. The average molecular weight is 1340 g/mol. The van der Waals surface area contributed by atoms with Crippen LogP contribution in [0.15, 0.2) is 231 Å². The highest BCUT2D eigenvalue weighted by atomic mass is 19.1. The van der Waals surface area contributed by atoms with Crippen LogP contribution in [0.5, 0.6) is 46.0 Å². The molecule has 0 fully saturated rings. The fourth-order valence-electron chi connectivity index (χ4n) is 11.2. The molecular weight excluding hydrogens is 1250 g/mol. The maximum Gasteiger partial charge on any atom is 0.145 e. The molecule has 4 aromatic heterocycles. The SMILES string of the molecule is CCCCN(C)Cc1[nH]ncc1-c1ccc(Oc2ccccc2)cc1.CCCN(C)Cc1[nH]ncc1-c1ccc(Oc2ccccc2)cc1.CCCN(C)Cc1cn[nH]c1-c1ccc(Oc2cccc(F)c2)cc1.CCCN(C)Cc1cn[nH]c1-c1ccc(Oc2ccccc2)c(C#N)c1. The lowest BCUT2D eigenvalue weighted by Crippen LogP contribution is -2.19. The number of aromatic nitrogens is 8. The van der Waals surface area contributed by atoms with Gasteiger partial charge in [0.15, 0.2) is 0 Å². The number of halogens is 1. The molecular formula is C82H92FN13O4. The third-order valence-electron chi connectivity index (χ3n) is 16.1. The van der Waals surface area contributed by atoms with Crippen molar-refractivity contribution in [3.05, 3.63) is 265 Å². The molecule has 18 heteroatoms. The fourth-order valence-corrected chi connectivity index (χ4v) is 11.2. The monoisotopic (exact) mass is 1340 g/mol. The first-order chi connectivity index (χ1) is 48.9. The number of para-hydroxylation sites is 3. The normalized spacial score (nSPS) is 10.9. The smallest absolute Gasteiger partial charge is 0.145 e. The topological polar surface area (TPSA) is 188 Å². The second kappa shape index (κ2) is 38.9. The molecule has 0 bridgehead atoms. The van der Waals surface area contributed by atoms with Crippen molar-refractivity contribution in [1.29, 1.82) is 5.26 Å². The summed E-state index contributed by atoms with van der Waals surface area (Å²) in [5.41, 5.74) is 13.6. The maximum atomic E-state index is 13.2. The van der Waals surface area contributed by atoms with Crippen molar-refractivity contribution >= 4 is 0 Å². The number of H-pyrrole nitrogens is 4. The summed E-state index contributed by atoms with van der Waals surface area (Å²) in [6, 6.07) is 67.1. The van der Waals surface area contributed by atoms with E-state index in [-0.39, 0.29) is 5.82 Å². The van der Waals surface area contributed by atoms with Gasteiger partial charge in [0.1, 0.15) is 57.9 Å². The molecule has 0 aliphatic carbocycles. The molecule has 0 atom stereocenters. The lowest BCUT2D eigenvalue weighted by molar-refractivity contribution is 0.317. The molecule has 12 rings (SSSR count). The van der Waals surface area contributed by atoms with Crippen LogP contribution in [0.4, 0.5) is 4.39 Å². The minimum atomic E-state index is -0.313. The molecule has 0 aliphatic heterocycles. The number of nitrogens with zero attached hydrogens (tertiary/aromatic N) is 9. The van der Waals surface area contributed by atoms with Gasteiger partial charge in [0.25, 0.3) is 0 Å². The van der Waals surface area contributed by atoms with E-state index in [0.717, 1.165) is 162 Å². The highest BCUT2D eigenvalue weighted by Crippen LogP contribution is 2.34. The van der Waals surface area contributed by atoms with Crippen molar-refractivity contribution in [3.63, 3.8) is 0 Å². The second-order valence-corrected chi connectivity index (χ2v) is 24.6. The van der Waals surface area contributed by atoms with E-state index >= 15 is 0 Å². The second-order valence-electron chi connectivity index (χ2n) is 24.6. The molecule has 8 aromatic carbocycles. The van der Waals surface area contributed by atoms with E-state index < -0.39 is 0 Å². The van der Waals surface area contributed by atoms with Crippen LogP contribution >= 0.6 is 0 Å². The molecule has 0 aliphatic rings. The van der Waals surface area contributed by atoms with Crippen molar-refractivity contribution in [1.82, 2.24) is 60.4 Å². The van der Waals surface area contributed by atoms with Gasteiger partial charge in [-0.05, 0) is 206 Å². The zero-order valence-electron chi connectivity index (χ0n) is 58.7. The van der Waals surface area contributed by atoms with Crippen LogP contribution in [0.3, 0.4) is 0 Å². The summed E-state index contributed by atoms with van der Waals surface area (Å²) in [7, 11) is 8.48. The van der Waals surface area contributed by atoms with Crippen LogP contribution in [-0.2, 0) is 26.2 Å². The first-order valence-electron chi connectivity index (χ1n) is 34.2. The Labute approximate surface area is 588 Å². The van der Waals surface area contributed by atoms with Gasteiger partial charge in [0.05, 0.1) is 53.1 Å². The Balaban J connectivity index is 0.000000156. The Morgan fingerprint density at radius 1 is 0.370 bits per heavy atom. The molecule has 4 heterocycles. The summed E-state index contributed by atoms with van der Waals surface area (Å²) < 4.78 is 36.5. The molecule has 0 unspecified atom stereocenters. The van der Waals surface area contributed by atoms with Crippen molar-refractivity contribution in [3.8, 4) is 96.8 Å². The predicted octanol–water partition coefficient (Wildman–Crippen LogP) is 19.2. The van der Waals surface area contributed by atoms with Gasteiger partial charge in [-0.1, -0.05) is 119 Å². The molecule has 12 aromatic rings. The molecule has 516 valence electrons. The number of ether oxygens (including phenoxy) is 4. The van der Waals surface area contributed by atoms with E-state index in [1.54, 1.807) is 12.1 Å². The Kier molecular flexibility index (Phi) is 28.5. The minimum absolute atomic E-state index is 0.313. The van der Waals surface area contributed by atoms with Gasteiger partial charge in [-0.3, -0.25) is 20.4 Å². The lowest BCUT2D eigenvalue weighted by Gasteiger charge is -2.16. The molecule has 0 spiro atoms. The van der Waals surface area contributed by atoms with E-state index in [2.05, 4.69) is 147 Å². The lowest BCUT2D eigenvalue weighted by atomic mass is 10.0. The number of nitrogens with one attached hydrogen (secondary N) is 4. The molecule has 17 nitrogen and oxygen atoms in total. The highest BCUT2D eigenvalue weighted by molar-refractivity contribution is 5.69. The summed E-state index contributed by atoms with van der Waals surface area (Å²) in [5, 5.41) is 38.8. The van der Waals surface area contributed by atoms with Crippen molar-refractivity contribution < 1.29 is 23.3 Å². The predicted molar refractivity (Wildman–Crippen MR) is 398 cm³/mol. The third-order valence-corrected chi connectivity index (χ3v) is 16.1. The van der Waals surface area contributed by atoms with Crippen LogP contribution in [0, 0.1) is 17.1 Å². The molecule has 0 radical (unpaired) electrons. The Morgan fingerprint density at radius 3 is 1.19 bits per heavy atom. The van der Waals surface area contributed by atoms with Crippen molar-refractivity contribution in [2.24, 2.45) is 0 Å². The number of unbranched alkanes of at least 4 members (excludes halogenated alkanes) is 1. The van der Waals surface area contributed by atoms with Gasteiger partial charge < -0.3 is 38.5 Å². The summed E-state index contributed by atoms with van der Waals surface area (Å²) in [6.07, 6.45) is 13.3. The van der Waals surface area contributed by atoms with Crippen molar-refractivity contribution in [2.45, 2.75) is 86.0 Å². The number of hydrogen-bond acceptors (Lipinski definition) is 13. The third kappa shape index (κ3) is 22.6. The number of nitriles is 1. The molecule has 0 saturated heterocycles. The zero-order valence-corrected chi connectivity index (χ0v) is 58.7. The van der Waals surface area contributed by atoms with Crippen LogP contribution in [-0.4, -0.2) is 115 Å². The highest BCUT2D eigenvalue weighted by Gasteiger charge is 2.16. The number of rotatable bonds is 29. The first-order valence-corrected chi connectivity index (χ1v) is 34.2. The average Bonchev–Trinajstić information content (AvgIpc) is 1.58. The van der Waals surface area contributed by atoms with E-state index in [9.17, 15) is 9.65 Å². The fraction of sp³-hybridized carbons (Fsp3) is 0.256. The molecule has 0 amide bonds. The van der Waals surface area contributed by atoms with Crippen LogP contribution in [0.2, 0.25) is 0 Å². The van der Waals surface area contributed by atoms with E-state index in [1.807, 2.05) is 183 Å². The largest absolute Gasteiger partial charge is 0.457 e. The Hall–Kier alpha value is -10.9. The molecule has 0 saturated carbocycles. The molecule has 100 heavy (non-hydrogen) atoms. The van der Waals surface area contributed by atoms with Gasteiger partial charge in [-0.2, -0.15) is 25.7 Å². The standard InChI is InChI=1S/C21H22N4O.C21H25N3O.C20H22FN3O.C20H23N3O/c1-3-11-25(2)15-18-14-23-24-21(18)16-9-10-20(17(12-16)13-22)26-19-7-5-4-6-8-19;1-3-4-14-24(2)16-21-20(15-22-23-21)17-10-12-19(13-11-17)25-18-8-6-5-7-9-18;1-3-11-24(2)14-16-13-22-23-20(16)15-7-9-18(10-8-15)25-19-6-4-5-17(21)12-19;1-3-13-23(2)15-20-19(14-21-22-20)16-9-11-18(12-10-16)24-17-7-5-4-6-8-17/h4-10,12,14H,3,11,15H2,1-2H3,(H,23,24);5-13,15H,3-4,14,16H2,1-2H3,(H,22,23);4-10,12-13H,3,11,14H2,1-2H3,(H,22,23);4-12,14H,3,13,15H2,1-2H3,(H,21,22). The Bertz CT molecular complexity index is 4340. The first kappa shape index (κ1) is 73.3.